The highest BCUT2D eigenvalue weighted by Gasteiger charge is 2.49. The molecule has 0 saturated carbocycles. The Kier molecular flexibility index (Phi) is 7.22. The molecule has 1 unspecified atom stereocenters. The second kappa shape index (κ2) is 10.6. The second-order valence-electron chi connectivity index (χ2n) is 9.82. The van der Waals surface area contributed by atoms with Gasteiger partial charge < -0.3 is 14.5 Å². The Hall–Kier alpha value is -4.05. The van der Waals surface area contributed by atoms with E-state index in [0.717, 1.165) is 9.99 Å². The first-order valence-corrected chi connectivity index (χ1v) is 14.3. The number of sulfonamides is 1. The minimum atomic E-state index is -4.23. The Balaban J connectivity index is 1.41. The zero-order chi connectivity index (χ0) is 27.7. The van der Waals surface area contributed by atoms with E-state index in [1.165, 1.54) is 35.3 Å². The van der Waals surface area contributed by atoms with Gasteiger partial charge in [0.1, 0.15) is 11.8 Å². The molecule has 0 radical (unpaired) electrons. The molecule has 2 fully saturated rings. The summed E-state index contributed by atoms with van der Waals surface area (Å²) in [6.07, 6.45) is 0. The maximum Gasteiger partial charge on any atom is 0.339 e. The topological polar surface area (TPSA) is 90.5 Å². The summed E-state index contributed by atoms with van der Waals surface area (Å²) in [5.74, 6) is 0.0909. The summed E-state index contributed by atoms with van der Waals surface area (Å²) in [5.41, 5.74) is 3.97. The van der Waals surface area contributed by atoms with Gasteiger partial charge in [0.2, 0.25) is 5.91 Å². The summed E-state index contributed by atoms with van der Waals surface area (Å²) in [6, 6.07) is 19.3. The van der Waals surface area contributed by atoms with Gasteiger partial charge >= 0.3 is 6.03 Å². The summed E-state index contributed by atoms with van der Waals surface area (Å²) >= 11 is 0. The molecule has 2 aliphatic heterocycles. The van der Waals surface area contributed by atoms with E-state index in [0.29, 0.717) is 37.6 Å². The number of methoxy groups -OCH3 is 1. The fourth-order valence-electron chi connectivity index (χ4n) is 5.17. The number of aryl methyl sites for hydroxylation is 2. The highest BCUT2D eigenvalue weighted by Crippen LogP contribution is 2.32. The van der Waals surface area contributed by atoms with Crippen LogP contribution in [0.15, 0.2) is 77.7 Å². The molecule has 1 atom stereocenters. The fourth-order valence-corrected chi connectivity index (χ4v) is 6.57. The van der Waals surface area contributed by atoms with Gasteiger partial charge in [-0.05, 0) is 55.3 Å². The highest BCUT2D eigenvalue weighted by molar-refractivity contribution is 7.89. The van der Waals surface area contributed by atoms with Gasteiger partial charge in [-0.2, -0.15) is 0 Å². The maximum atomic E-state index is 13.9. The monoisotopic (exact) mass is 548 g/mol. The van der Waals surface area contributed by atoms with Crippen molar-refractivity contribution >= 4 is 33.3 Å². The van der Waals surface area contributed by atoms with Crippen molar-refractivity contribution in [3.8, 4) is 5.75 Å². The molecule has 10 heteroatoms. The van der Waals surface area contributed by atoms with Crippen LogP contribution < -0.4 is 14.5 Å². The van der Waals surface area contributed by atoms with Gasteiger partial charge in [0.05, 0.1) is 18.6 Å². The first-order chi connectivity index (χ1) is 18.7. The zero-order valence-corrected chi connectivity index (χ0v) is 23.1. The molecule has 0 N–H and O–H groups in total. The normalized spacial score (nSPS) is 18.0. The average molecular weight is 549 g/mol. The molecule has 0 bridgehead atoms. The first kappa shape index (κ1) is 26.6. The number of urea groups is 1. The van der Waals surface area contributed by atoms with Gasteiger partial charge in [-0.15, -0.1) is 0 Å². The van der Waals surface area contributed by atoms with Crippen LogP contribution in [0.25, 0.3) is 0 Å². The number of anilines is 2. The largest absolute Gasteiger partial charge is 0.497 e. The molecule has 3 aromatic carbocycles. The van der Waals surface area contributed by atoms with Gasteiger partial charge in [-0.25, -0.2) is 17.5 Å². The van der Waals surface area contributed by atoms with Crippen LogP contribution in [0.2, 0.25) is 0 Å². The Bertz CT molecular complexity index is 1490. The Labute approximate surface area is 229 Å². The lowest BCUT2D eigenvalue weighted by Gasteiger charge is -2.38. The molecule has 5 rings (SSSR count). The molecular formula is C29H32N4O5S. The number of hydrogen-bond acceptors (Lipinski definition) is 6. The van der Waals surface area contributed by atoms with Crippen molar-refractivity contribution in [1.82, 2.24) is 9.21 Å². The molecule has 2 saturated heterocycles. The lowest BCUT2D eigenvalue weighted by Crippen LogP contribution is -2.55. The van der Waals surface area contributed by atoms with Crippen molar-refractivity contribution < 1.29 is 22.7 Å². The van der Waals surface area contributed by atoms with Crippen LogP contribution in [0, 0.1) is 13.8 Å². The number of amides is 3. The molecular weight excluding hydrogens is 516 g/mol. The predicted molar refractivity (Wildman–Crippen MR) is 150 cm³/mol. The lowest BCUT2D eigenvalue weighted by molar-refractivity contribution is -0.132. The molecule has 3 amide bonds. The van der Waals surface area contributed by atoms with Crippen LogP contribution in [0.1, 0.15) is 11.1 Å². The number of carbonyl (C=O) groups excluding carboxylic acids is 2. The Morgan fingerprint density at radius 1 is 0.897 bits per heavy atom. The summed E-state index contributed by atoms with van der Waals surface area (Å²) in [6.45, 7) is 6.10. The van der Waals surface area contributed by atoms with Crippen LogP contribution in [-0.4, -0.2) is 75.4 Å². The zero-order valence-electron chi connectivity index (χ0n) is 22.3. The highest BCUT2D eigenvalue weighted by atomic mass is 32.2. The lowest BCUT2D eigenvalue weighted by atomic mass is 10.1. The van der Waals surface area contributed by atoms with Crippen LogP contribution in [0.5, 0.6) is 5.75 Å². The van der Waals surface area contributed by atoms with E-state index in [4.69, 9.17) is 4.74 Å². The van der Waals surface area contributed by atoms with Crippen molar-refractivity contribution in [1.29, 1.82) is 0 Å². The van der Waals surface area contributed by atoms with Crippen LogP contribution in [-0.2, 0) is 14.8 Å². The number of benzene rings is 3. The van der Waals surface area contributed by atoms with Crippen LogP contribution in [0.4, 0.5) is 16.2 Å². The van der Waals surface area contributed by atoms with Crippen LogP contribution >= 0.6 is 0 Å². The third-order valence-electron chi connectivity index (χ3n) is 7.32. The van der Waals surface area contributed by atoms with E-state index in [2.05, 4.69) is 36.9 Å². The first-order valence-electron chi connectivity index (χ1n) is 12.9. The number of ether oxygens (including phenoxy) is 1. The van der Waals surface area contributed by atoms with E-state index < -0.39 is 22.1 Å². The third kappa shape index (κ3) is 5.04. The van der Waals surface area contributed by atoms with E-state index in [9.17, 15) is 18.0 Å². The second-order valence-corrected chi connectivity index (χ2v) is 11.7. The van der Waals surface area contributed by atoms with Gasteiger partial charge in [0.15, 0.2) is 0 Å². The third-order valence-corrected chi connectivity index (χ3v) is 9.05. The van der Waals surface area contributed by atoms with Gasteiger partial charge in [-0.3, -0.25) is 9.69 Å². The molecule has 204 valence electrons. The van der Waals surface area contributed by atoms with Crippen LogP contribution in [0.3, 0.4) is 0 Å². The quantitative estimate of drug-likeness (QED) is 0.467. The summed E-state index contributed by atoms with van der Waals surface area (Å²) in [7, 11) is -2.79. The summed E-state index contributed by atoms with van der Waals surface area (Å²) < 4.78 is 33.1. The maximum absolute atomic E-state index is 13.9. The molecule has 0 spiro atoms. The van der Waals surface area contributed by atoms with E-state index in [1.54, 1.807) is 47.4 Å². The predicted octanol–water partition coefficient (Wildman–Crippen LogP) is 3.66. The molecule has 3 aromatic rings. The van der Waals surface area contributed by atoms with Crippen molar-refractivity contribution in [2.75, 3.05) is 49.6 Å². The van der Waals surface area contributed by atoms with Gasteiger partial charge in [-0.1, -0.05) is 36.4 Å². The smallest absolute Gasteiger partial charge is 0.339 e. The number of rotatable bonds is 6. The molecule has 0 aliphatic carbocycles. The minimum Gasteiger partial charge on any atom is -0.497 e. The average Bonchev–Trinajstić information content (AvgIpc) is 3.32. The molecule has 0 aromatic heterocycles. The molecule has 2 aliphatic rings. The fraction of sp³-hybridized carbons (Fsp3) is 0.310. The minimum absolute atomic E-state index is 0.0709. The SMILES string of the molecule is COc1cccc(S(=O)(=O)N2CC(C(=O)N3CCN(c4cc(C)ccc4C)CC3)N(c3ccccc3)C2=O)c1. The summed E-state index contributed by atoms with van der Waals surface area (Å²) in [5, 5.41) is 0. The molecule has 9 nitrogen and oxygen atoms in total. The molecule has 2 heterocycles. The van der Waals surface area contributed by atoms with Crippen molar-refractivity contribution in [3.63, 3.8) is 0 Å². The number of nitrogens with zero attached hydrogens (tertiary/aromatic N) is 4. The van der Waals surface area contributed by atoms with E-state index >= 15 is 0 Å². The molecule has 39 heavy (non-hydrogen) atoms. The summed E-state index contributed by atoms with van der Waals surface area (Å²) in [4.78, 5) is 32.8. The van der Waals surface area contributed by atoms with E-state index in [1.807, 2.05) is 0 Å². The van der Waals surface area contributed by atoms with Crippen molar-refractivity contribution in [2.24, 2.45) is 0 Å². The van der Waals surface area contributed by atoms with Gasteiger partial charge in [0, 0.05) is 43.6 Å². The number of carbonyl (C=O) groups is 2. The number of hydrogen-bond donors (Lipinski definition) is 0. The number of piperazine rings is 1. The van der Waals surface area contributed by atoms with Gasteiger partial charge in [0.25, 0.3) is 10.0 Å². The standard InChI is InChI=1S/C29H32N4O5S/c1-21-12-13-22(2)26(18-21)30-14-16-31(17-15-30)28(34)27-20-32(29(35)33(27)23-8-5-4-6-9-23)39(36,37)25-11-7-10-24(19-25)38-3/h4-13,18-19,27H,14-17,20H2,1-3H3. The Morgan fingerprint density at radius 2 is 1.62 bits per heavy atom. The van der Waals surface area contributed by atoms with E-state index in [-0.39, 0.29) is 17.3 Å². The van der Waals surface area contributed by atoms with Crippen molar-refractivity contribution in [3.05, 3.63) is 83.9 Å². The number of para-hydroxylation sites is 1. The van der Waals surface area contributed by atoms with Crippen molar-refractivity contribution in [2.45, 2.75) is 24.8 Å². The Morgan fingerprint density at radius 3 is 2.31 bits per heavy atom.